The van der Waals surface area contributed by atoms with Gasteiger partial charge in [0, 0.05) is 6.54 Å². The van der Waals surface area contributed by atoms with E-state index >= 15 is 0 Å². The zero-order chi connectivity index (χ0) is 15.3. The summed E-state index contributed by atoms with van der Waals surface area (Å²) in [6, 6.07) is 0. The maximum absolute atomic E-state index is 10.7. The van der Waals surface area contributed by atoms with Gasteiger partial charge >= 0.3 is 29.6 Å². The van der Waals surface area contributed by atoms with E-state index in [9.17, 15) is 9.46 Å². The van der Waals surface area contributed by atoms with Crippen LogP contribution in [0.4, 0.5) is 0 Å². The zero-order valence-electron chi connectivity index (χ0n) is 13.5. The van der Waals surface area contributed by atoms with Crippen LogP contribution in [0.2, 0.25) is 0 Å². The Morgan fingerprint density at radius 2 is 2.00 bits per heavy atom. The van der Waals surface area contributed by atoms with Gasteiger partial charge in [0.25, 0.3) is 0 Å². The molecule has 0 saturated heterocycles. The van der Waals surface area contributed by atoms with Crippen molar-refractivity contribution in [2.75, 3.05) is 12.3 Å². The summed E-state index contributed by atoms with van der Waals surface area (Å²) in [4.78, 5) is 23.9. The Kier molecular flexibility index (Phi) is 5.88. The van der Waals surface area contributed by atoms with Crippen molar-refractivity contribution in [2.24, 2.45) is 33.4 Å². The molecule has 22 heavy (non-hydrogen) atoms. The Labute approximate surface area is 158 Å². The average molecular weight is 354 g/mol. The molecule has 8 heteroatoms. The van der Waals surface area contributed by atoms with Crippen molar-refractivity contribution in [3.05, 3.63) is 0 Å². The number of amidine groups is 1. The van der Waals surface area contributed by atoms with Gasteiger partial charge in [0.15, 0.2) is 6.80 Å². The Hall–Kier alpha value is 0.970. The number of nitrogens with zero attached hydrogens (tertiary/aromatic N) is 1. The van der Waals surface area contributed by atoms with Crippen molar-refractivity contribution in [2.45, 2.75) is 45.4 Å². The molecule has 5 nitrogen and oxygen atoms in total. The smallest absolute Gasteiger partial charge is 0.770 e. The topological polar surface area (TPSA) is 98.7 Å². The second-order valence-electron chi connectivity index (χ2n) is 7.82. The number of rotatable bonds is 5. The maximum atomic E-state index is 10.7. The van der Waals surface area contributed by atoms with Gasteiger partial charge in [0.2, 0.25) is 0 Å². The normalized spacial score (nSPS) is 42.8. The van der Waals surface area contributed by atoms with Crippen LogP contribution in [0.5, 0.6) is 0 Å². The van der Waals surface area contributed by atoms with Crippen LogP contribution in [0.15, 0.2) is 4.99 Å². The van der Waals surface area contributed by atoms with Crippen LogP contribution in [0, 0.1) is 22.7 Å². The van der Waals surface area contributed by atoms with Gasteiger partial charge in [-0.3, -0.25) is 9.56 Å². The number of nitrogens with two attached hydrogens (primary N) is 1. The molecular weight excluding hydrogens is 330 g/mol. The van der Waals surface area contributed by atoms with Crippen LogP contribution in [-0.2, 0) is 4.57 Å². The van der Waals surface area contributed by atoms with E-state index in [-0.39, 0.29) is 40.7 Å². The Bertz CT molecular complexity index is 496. The van der Waals surface area contributed by atoms with Crippen molar-refractivity contribution in [3.63, 3.8) is 0 Å². The average Bonchev–Trinajstić information content (AvgIpc) is 2.30. The van der Waals surface area contributed by atoms with Gasteiger partial charge in [0.1, 0.15) is 5.84 Å². The van der Waals surface area contributed by atoms with E-state index in [0.29, 0.717) is 22.6 Å². The Balaban J connectivity index is 0.00000176. The van der Waals surface area contributed by atoms with Crippen LogP contribution in [0.25, 0.3) is 0 Å². The minimum Gasteiger partial charge on any atom is -0.770 e. The predicted molar refractivity (Wildman–Crippen MR) is 84.0 cm³/mol. The molecule has 0 aromatic heterocycles. The van der Waals surface area contributed by atoms with Gasteiger partial charge in [-0.05, 0) is 61.2 Å². The van der Waals surface area contributed by atoms with Crippen molar-refractivity contribution in [1.29, 1.82) is 0 Å². The molecule has 4 rings (SSSR count). The summed E-state index contributed by atoms with van der Waals surface area (Å²) in [6.45, 7) is -1.17. The molecule has 4 fully saturated rings. The predicted octanol–water partition coefficient (Wildman–Crippen LogP) is -0.852. The molecule has 0 amide bonds. The minimum atomic E-state index is -4.31. The fourth-order valence-corrected chi connectivity index (χ4v) is 6.85. The molecule has 0 heterocycles. The van der Waals surface area contributed by atoms with Crippen LogP contribution in [-0.4, -0.2) is 23.0 Å². The van der Waals surface area contributed by atoms with Crippen molar-refractivity contribution >= 4 is 24.0 Å². The molecular formula is C14H24N2NaO3PS. The summed E-state index contributed by atoms with van der Waals surface area (Å²) in [7, 11) is 0. The molecule has 5 atom stereocenters. The van der Waals surface area contributed by atoms with E-state index in [1.54, 1.807) is 0 Å². The number of aliphatic imine (C=N–C) groups is 1. The molecule has 0 aromatic rings. The van der Waals surface area contributed by atoms with Gasteiger partial charge in [-0.15, -0.1) is 0 Å². The molecule has 0 aliphatic heterocycles. The van der Waals surface area contributed by atoms with Gasteiger partial charge in [-0.1, -0.05) is 18.3 Å². The van der Waals surface area contributed by atoms with Gasteiger partial charge in [-0.2, -0.15) is 0 Å². The fraction of sp³-hybridized carbons (Fsp3) is 0.929. The molecule has 0 spiro atoms. The third kappa shape index (κ3) is 4.53. The largest absolute Gasteiger partial charge is 1.00 e. The van der Waals surface area contributed by atoms with Crippen LogP contribution < -0.4 is 40.2 Å². The summed E-state index contributed by atoms with van der Waals surface area (Å²) in [6.07, 6.45) is 7.85. The van der Waals surface area contributed by atoms with Crippen LogP contribution in [0.1, 0.15) is 45.4 Å². The number of hydrogen-bond donors (Lipinski definition) is 2. The van der Waals surface area contributed by atoms with Crippen molar-refractivity contribution < 1.29 is 43.9 Å². The summed E-state index contributed by atoms with van der Waals surface area (Å²) < 4.78 is 10.7. The summed E-state index contributed by atoms with van der Waals surface area (Å²) >= 11 is 0.458. The van der Waals surface area contributed by atoms with Gasteiger partial charge in [0.05, 0.1) is 5.75 Å². The second kappa shape index (κ2) is 6.70. The zero-order valence-corrected chi connectivity index (χ0v) is 17.2. The standard InChI is InChI=1S/C14H25N2O3PS.Na/c1-13-3-10-2-11(4-13)6-14(5-10,8-13)9-16-12(15)7-21-20(17,18)19;/h10-11H,2-9H2,1H3,(H2,15,16)(H2,17,18,19);/q;+1/p-1/t10-,11+,13?,14?;. The number of hydrogen-bond acceptors (Lipinski definition) is 4. The quantitative estimate of drug-likeness (QED) is 0.290. The molecule has 0 radical (unpaired) electrons. The van der Waals surface area contributed by atoms with Gasteiger partial charge in [-0.25, -0.2) is 0 Å². The third-order valence-corrected chi connectivity index (χ3v) is 7.59. The van der Waals surface area contributed by atoms with Crippen molar-refractivity contribution in [3.8, 4) is 0 Å². The van der Waals surface area contributed by atoms with E-state index in [1.807, 2.05) is 0 Å². The van der Waals surface area contributed by atoms with Crippen LogP contribution in [0.3, 0.4) is 0 Å². The first kappa shape index (κ1) is 19.3. The van der Waals surface area contributed by atoms with E-state index in [4.69, 9.17) is 10.6 Å². The van der Waals surface area contributed by atoms with E-state index in [2.05, 4.69) is 11.9 Å². The first-order valence-corrected chi connectivity index (χ1v) is 10.8. The Morgan fingerprint density at radius 3 is 2.50 bits per heavy atom. The molecule has 120 valence electrons. The first-order chi connectivity index (χ1) is 9.67. The van der Waals surface area contributed by atoms with Crippen LogP contribution >= 0.6 is 18.2 Å². The monoisotopic (exact) mass is 354 g/mol. The second-order valence-corrected chi connectivity index (χ2v) is 11.5. The first-order valence-electron chi connectivity index (χ1n) is 7.64. The molecule has 4 aliphatic carbocycles. The van der Waals surface area contributed by atoms with Gasteiger partial charge < -0.3 is 15.5 Å². The minimum absolute atomic E-state index is 0. The van der Waals surface area contributed by atoms with E-state index in [0.717, 1.165) is 18.4 Å². The maximum Gasteiger partial charge on any atom is 1.00 e. The summed E-state index contributed by atoms with van der Waals surface area (Å²) in [5, 5.41) is 0. The summed E-state index contributed by atoms with van der Waals surface area (Å²) in [5.74, 6) is 2.08. The Morgan fingerprint density at radius 1 is 1.41 bits per heavy atom. The van der Waals surface area contributed by atoms with E-state index < -0.39 is 6.80 Å². The third-order valence-electron chi connectivity index (χ3n) is 5.47. The SMILES string of the molecule is CC12C[C@H]3C[C@@H](C1)CC(CN=C(N)CSP(=O)([O-])O)(C3)C2.[Na+]. The molecule has 4 saturated carbocycles. The van der Waals surface area contributed by atoms with Crippen molar-refractivity contribution in [1.82, 2.24) is 0 Å². The molecule has 0 aromatic carbocycles. The molecule has 3 unspecified atom stereocenters. The molecule has 4 aliphatic rings. The molecule has 4 bridgehead atoms. The molecule has 3 N–H and O–H groups in total. The fourth-order valence-electron chi connectivity index (χ4n) is 5.58. The summed E-state index contributed by atoms with van der Waals surface area (Å²) in [5.41, 5.74) is 6.57. The van der Waals surface area contributed by atoms with E-state index in [1.165, 1.54) is 38.5 Å².